The first-order valence-corrected chi connectivity index (χ1v) is 9.37. The van der Waals surface area contributed by atoms with Gasteiger partial charge >= 0.3 is 5.97 Å². The molecule has 1 aromatic rings. The van der Waals surface area contributed by atoms with Crippen LogP contribution in [0.2, 0.25) is 0 Å². The molecule has 0 radical (unpaired) electrons. The highest BCUT2D eigenvalue weighted by molar-refractivity contribution is 7.89. The zero-order chi connectivity index (χ0) is 18.9. The third-order valence-electron chi connectivity index (χ3n) is 2.92. The van der Waals surface area contributed by atoms with E-state index in [2.05, 4.69) is 10.0 Å². The molecule has 0 unspecified atom stereocenters. The van der Waals surface area contributed by atoms with Crippen LogP contribution in [0.1, 0.15) is 20.8 Å². The van der Waals surface area contributed by atoms with Crippen molar-refractivity contribution in [1.82, 2.24) is 10.0 Å². The lowest BCUT2D eigenvalue weighted by Gasteiger charge is -2.09. The molecule has 0 aliphatic rings. The van der Waals surface area contributed by atoms with Gasteiger partial charge in [0.15, 0.2) is 6.61 Å². The van der Waals surface area contributed by atoms with Gasteiger partial charge < -0.3 is 14.8 Å². The first kappa shape index (κ1) is 20.9. The van der Waals surface area contributed by atoms with Gasteiger partial charge in [0.25, 0.3) is 5.91 Å². The molecule has 1 rings (SSSR count). The fourth-order valence-corrected chi connectivity index (χ4v) is 2.65. The second-order valence-electron chi connectivity index (χ2n) is 5.59. The Morgan fingerprint density at radius 2 is 1.80 bits per heavy atom. The minimum absolute atomic E-state index is 0.00145. The molecular weight excluding hydrogens is 348 g/mol. The summed E-state index contributed by atoms with van der Waals surface area (Å²) >= 11 is 0. The van der Waals surface area contributed by atoms with Crippen LogP contribution in [0.5, 0.6) is 5.75 Å². The molecule has 0 saturated heterocycles. The van der Waals surface area contributed by atoms with Gasteiger partial charge in [-0.3, -0.25) is 9.59 Å². The van der Waals surface area contributed by atoms with Crippen molar-refractivity contribution in [3.63, 3.8) is 0 Å². The number of benzene rings is 1. The van der Waals surface area contributed by atoms with Crippen LogP contribution in [-0.2, 0) is 24.3 Å². The first-order chi connectivity index (χ1) is 11.7. The zero-order valence-corrected chi connectivity index (χ0v) is 15.4. The number of carbonyl (C=O) groups excluding carboxylic acids is 2. The minimum atomic E-state index is -3.85. The molecule has 1 amide bonds. The summed E-state index contributed by atoms with van der Waals surface area (Å²) in [6.07, 6.45) is 0. The molecule has 0 bridgehead atoms. The summed E-state index contributed by atoms with van der Waals surface area (Å²) in [6.45, 7) is 5.62. The van der Waals surface area contributed by atoms with Gasteiger partial charge in [0.2, 0.25) is 10.0 Å². The highest BCUT2D eigenvalue weighted by Gasteiger charge is 2.16. The van der Waals surface area contributed by atoms with Crippen molar-refractivity contribution < 1.29 is 27.5 Å². The lowest BCUT2D eigenvalue weighted by atomic mass is 10.2. The number of sulfonamides is 1. The molecule has 0 atom stereocenters. The lowest BCUT2D eigenvalue weighted by molar-refractivity contribution is -0.147. The molecule has 0 aliphatic heterocycles. The predicted molar refractivity (Wildman–Crippen MR) is 91.6 cm³/mol. The molecule has 0 aromatic heterocycles. The quantitative estimate of drug-likeness (QED) is 0.584. The molecule has 0 aliphatic carbocycles. The highest BCUT2D eigenvalue weighted by Crippen LogP contribution is 2.15. The van der Waals surface area contributed by atoms with E-state index in [-0.39, 0.29) is 10.8 Å². The summed E-state index contributed by atoms with van der Waals surface area (Å²) in [5, 5.41) is 2.58. The van der Waals surface area contributed by atoms with Crippen molar-refractivity contribution in [2.75, 3.05) is 26.3 Å². The van der Waals surface area contributed by atoms with E-state index in [1.807, 2.05) is 20.8 Å². The Kier molecular flexibility index (Phi) is 8.36. The summed E-state index contributed by atoms with van der Waals surface area (Å²) in [7, 11) is -3.85. The second-order valence-corrected chi connectivity index (χ2v) is 7.35. The molecule has 9 heteroatoms. The summed E-state index contributed by atoms with van der Waals surface area (Å²) in [6, 6.07) is 5.79. The van der Waals surface area contributed by atoms with Crippen LogP contribution in [0.15, 0.2) is 29.2 Å². The monoisotopic (exact) mass is 372 g/mol. The van der Waals surface area contributed by atoms with Gasteiger partial charge in [-0.2, -0.15) is 4.72 Å². The maximum absolute atomic E-state index is 12.1. The van der Waals surface area contributed by atoms with Gasteiger partial charge in [0.1, 0.15) is 12.3 Å². The fraction of sp³-hybridized carbons (Fsp3) is 0.500. The molecule has 25 heavy (non-hydrogen) atoms. The maximum atomic E-state index is 12.1. The molecular formula is C16H24N2O6S. The lowest BCUT2D eigenvalue weighted by Crippen LogP contribution is -2.35. The Morgan fingerprint density at radius 1 is 1.16 bits per heavy atom. The average molecular weight is 372 g/mol. The molecule has 2 N–H and O–H groups in total. The van der Waals surface area contributed by atoms with Gasteiger partial charge in [0.05, 0.1) is 11.5 Å². The van der Waals surface area contributed by atoms with Gasteiger partial charge in [-0.05, 0) is 37.1 Å². The van der Waals surface area contributed by atoms with Crippen molar-refractivity contribution in [2.45, 2.75) is 25.7 Å². The topological polar surface area (TPSA) is 111 Å². The standard InChI is InChI=1S/C16H24N2O6S/c1-4-23-13-5-7-14(8-6-13)25(21,22)18-10-16(20)24-11-15(19)17-9-12(2)3/h5-8,12,18H,4,9-11H2,1-3H3,(H,17,19). The number of carbonyl (C=O) groups is 2. The normalized spacial score (nSPS) is 11.2. The SMILES string of the molecule is CCOc1ccc(S(=O)(=O)NCC(=O)OCC(=O)NCC(C)C)cc1. The number of rotatable bonds is 10. The van der Waals surface area contributed by atoms with E-state index in [0.29, 0.717) is 18.9 Å². The molecule has 1 aromatic carbocycles. The Labute approximate surface area is 147 Å². The summed E-state index contributed by atoms with van der Waals surface area (Å²) in [4.78, 5) is 23.0. The third-order valence-corrected chi connectivity index (χ3v) is 4.34. The smallest absolute Gasteiger partial charge is 0.321 e. The minimum Gasteiger partial charge on any atom is -0.494 e. The van der Waals surface area contributed by atoms with E-state index >= 15 is 0 Å². The van der Waals surface area contributed by atoms with E-state index in [1.165, 1.54) is 24.3 Å². The van der Waals surface area contributed by atoms with E-state index in [1.54, 1.807) is 0 Å². The van der Waals surface area contributed by atoms with Crippen LogP contribution >= 0.6 is 0 Å². The second kappa shape index (κ2) is 10.00. The van der Waals surface area contributed by atoms with Crippen molar-refractivity contribution in [3.8, 4) is 5.75 Å². The molecule has 8 nitrogen and oxygen atoms in total. The number of amides is 1. The summed E-state index contributed by atoms with van der Waals surface area (Å²) < 4.78 is 36.2. The van der Waals surface area contributed by atoms with Gasteiger partial charge in [-0.25, -0.2) is 8.42 Å². The summed E-state index contributed by atoms with van der Waals surface area (Å²) in [5.41, 5.74) is 0. The third kappa shape index (κ3) is 7.99. The number of hydrogen-bond donors (Lipinski definition) is 2. The average Bonchev–Trinajstić information content (AvgIpc) is 2.57. The Bertz CT molecular complexity index is 670. The molecule has 0 heterocycles. The van der Waals surface area contributed by atoms with Gasteiger partial charge in [-0.1, -0.05) is 13.8 Å². The largest absolute Gasteiger partial charge is 0.494 e. The van der Waals surface area contributed by atoms with E-state index in [0.717, 1.165) is 0 Å². The summed E-state index contributed by atoms with van der Waals surface area (Å²) in [5.74, 6) is -0.445. The van der Waals surface area contributed by atoms with Gasteiger partial charge in [-0.15, -0.1) is 0 Å². The van der Waals surface area contributed by atoms with Crippen LogP contribution in [0.3, 0.4) is 0 Å². The zero-order valence-electron chi connectivity index (χ0n) is 14.6. The molecule has 0 saturated carbocycles. The predicted octanol–water partition coefficient (Wildman–Crippen LogP) is 0.679. The van der Waals surface area contributed by atoms with Gasteiger partial charge in [0, 0.05) is 6.54 Å². The number of ether oxygens (including phenoxy) is 2. The van der Waals surface area contributed by atoms with Crippen molar-refractivity contribution in [1.29, 1.82) is 0 Å². The first-order valence-electron chi connectivity index (χ1n) is 7.89. The number of esters is 1. The molecule has 0 spiro atoms. The highest BCUT2D eigenvalue weighted by atomic mass is 32.2. The maximum Gasteiger partial charge on any atom is 0.321 e. The van der Waals surface area contributed by atoms with Crippen LogP contribution in [0.25, 0.3) is 0 Å². The van der Waals surface area contributed by atoms with Crippen LogP contribution in [-0.4, -0.2) is 46.6 Å². The van der Waals surface area contributed by atoms with Crippen molar-refractivity contribution in [3.05, 3.63) is 24.3 Å². The van der Waals surface area contributed by atoms with Crippen LogP contribution in [0, 0.1) is 5.92 Å². The molecule has 0 fully saturated rings. The fourth-order valence-electron chi connectivity index (χ4n) is 1.69. The number of hydrogen-bond acceptors (Lipinski definition) is 6. The van der Waals surface area contributed by atoms with Crippen LogP contribution in [0.4, 0.5) is 0 Å². The molecule has 140 valence electrons. The number of nitrogens with one attached hydrogen (secondary N) is 2. The Morgan fingerprint density at radius 3 is 2.36 bits per heavy atom. The van der Waals surface area contributed by atoms with E-state index in [9.17, 15) is 18.0 Å². The van der Waals surface area contributed by atoms with E-state index in [4.69, 9.17) is 9.47 Å². The van der Waals surface area contributed by atoms with Crippen molar-refractivity contribution in [2.24, 2.45) is 5.92 Å². The Balaban J connectivity index is 2.44. The van der Waals surface area contributed by atoms with Crippen LogP contribution < -0.4 is 14.8 Å². The van der Waals surface area contributed by atoms with E-state index < -0.39 is 35.1 Å². The van der Waals surface area contributed by atoms with Crippen molar-refractivity contribution >= 4 is 21.9 Å². The Hall–Kier alpha value is -2.13.